The molecule has 186 valence electrons. The third-order valence-electron chi connectivity index (χ3n) is 8.14. The van der Waals surface area contributed by atoms with Crippen molar-refractivity contribution in [2.24, 2.45) is 0 Å². The van der Waals surface area contributed by atoms with Crippen molar-refractivity contribution in [3.63, 3.8) is 0 Å². The second-order valence-corrected chi connectivity index (χ2v) is 13.4. The number of nitrogens with zero attached hydrogens (tertiary/aromatic N) is 3. The van der Waals surface area contributed by atoms with Gasteiger partial charge in [-0.15, -0.1) is 34.0 Å². The van der Waals surface area contributed by atoms with E-state index in [-0.39, 0.29) is 0 Å². The summed E-state index contributed by atoms with van der Waals surface area (Å²) in [5, 5.41) is 9.10. The molecule has 0 atom stereocenters. The van der Waals surface area contributed by atoms with E-state index in [0.29, 0.717) is 0 Å². The van der Waals surface area contributed by atoms with Crippen molar-refractivity contribution in [1.29, 1.82) is 0 Å². The summed E-state index contributed by atoms with van der Waals surface area (Å²) in [6.45, 7) is 0. The third kappa shape index (κ3) is 2.63. The van der Waals surface area contributed by atoms with E-state index in [1.807, 2.05) is 40.2 Å². The summed E-state index contributed by atoms with van der Waals surface area (Å²) >= 11 is 5.57. The number of fused-ring (bicyclic) bond motifs is 15. The van der Waals surface area contributed by atoms with E-state index >= 15 is 0 Å². The van der Waals surface area contributed by atoms with Crippen LogP contribution < -0.4 is 0 Å². The topological polar surface area (TPSA) is 30.7 Å². The lowest BCUT2D eigenvalue weighted by molar-refractivity contribution is 1.20. The van der Waals surface area contributed by atoms with Crippen LogP contribution in [0.4, 0.5) is 0 Å². The van der Waals surface area contributed by atoms with Gasteiger partial charge in [-0.25, -0.2) is 9.97 Å². The highest BCUT2D eigenvalue weighted by molar-refractivity contribution is 7.29. The minimum atomic E-state index is 1.04. The van der Waals surface area contributed by atoms with Gasteiger partial charge >= 0.3 is 0 Å². The molecule has 0 aliphatic carbocycles. The first-order chi connectivity index (χ1) is 19.8. The number of hydrogen-bond acceptors (Lipinski definition) is 5. The van der Waals surface area contributed by atoms with Crippen molar-refractivity contribution in [1.82, 2.24) is 14.5 Å². The zero-order chi connectivity index (χ0) is 25.9. The molecule has 0 saturated carbocycles. The van der Waals surface area contributed by atoms with Crippen molar-refractivity contribution in [2.45, 2.75) is 0 Å². The molecule has 0 bridgehead atoms. The maximum Gasteiger partial charge on any atom is 0.116 e. The van der Waals surface area contributed by atoms with Crippen LogP contribution in [0.15, 0.2) is 104 Å². The third-order valence-corrected chi connectivity index (χ3v) is 11.6. The molecule has 5 heterocycles. The molecular weight excluding hydrogens is 547 g/mol. The highest BCUT2D eigenvalue weighted by Gasteiger charge is 2.24. The summed E-state index contributed by atoms with van der Waals surface area (Å²) < 4.78 is 10.2. The normalized spacial score (nSPS) is 12.5. The standard InChI is InChI=1S/C34H17N3S3/c1-4-10-23-20(8-1)29-32(37(23)18-13-14-26-22(15-18)19-7-2-5-11-24(19)38-26)34-30(31-27(40-34)16-35-17-36-31)28-21-9-3-6-12-25(21)39-33(28)29/h1-17H. The van der Waals surface area contributed by atoms with Gasteiger partial charge in [-0.3, -0.25) is 0 Å². The smallest absolute Gasteiger partial charge is 0.116 e. The van der Waals surface area contributed by atoms with Gasteiger partial charge in [0.1, 0.15) is 6.33 Å². The van der Waals surface area contributed by atoms with Crippen molar-refractivity contribution in [2.75, 3.05) is 0 Å². The Kier molecular flexibility index (Phi) is 4.10. The highest BCUT2D eigenvalue weighted by atomic mass is 32.1. The predicted octanol–water partition coefficient (Wildman–Crippen LogP) is 10.7. The summed E-state index contributed by atoms with van der Waals surface area (Å²) in [6, 6.07) is 33.4. The Morgan fingerprint density at radius 1 is 0.550 bits per heavy atom. The van der Waals surface area contributed by atoms with E-state index < -0.39 is 0 Å². The van der Waals surface area contributed by atoms with Crippen molar-refractivity contribution in [3.8, 4) is 5.69 Å². The van der Waals surface area contributed by atoms with Crippen LogP contribution in [-0.2, 0) is 0 Å². The maximum atomic E-state index is 4.83. The first kappa shape index (κ1) is 21.5. The van der Waals surface area contributed by atoms with Gasteiger partial charge in [0, 0.05) is 68.4 Å². The Morgan fingerprint density at radius 3 is 2.17 bits per heavy atom. The average molecular weight is 564 g/mol. The molecule has 0 aliphatic rings. The lowest BCUT2D eigenvalue weighted by Crippen LogP contribution is -1.93. The van der Waals surface area contributed by atoms with Crippen LogP contribution in [0, 0.1) is 0 Å². The van der Waals surface area contributed by atoms with Gasteiger partial charge in [-0.2, -0.15) is 0 Å². The summed E-state index contributed by atoms with van der Waals surface area (Å²) in [7, 11) is 0. The molecule has 0 aliphatic heterocycles. The van der Waals surface area contributed by atoms with E-state index in [1.54, 1.807) is 6.33 Å². The monoisotopic (exact) mass is 563 g/mol. The van der Waals surface area contributed by atoms with Gasteiger partial charge in [0.2, 0.25) is 0 Å². The number of rotatable bonds is 1. The lowest BCUT2D eigenvalue weighted by Gasteiger charge is -2.10. The second-order valence-electron chi connectivity index (χ2n) is 10.2. The van der Waals surface area contributed by atoms with Gasteiger partial charge in [-0.05, 0) is 36.4 Å². The molecule has 6 heteroatoms. The van der Waals surface area contributed by atoms with Crippen molar-refractivity contribution >= 4 is 116 Å². The van der Waals surface area contributed by atoms with E-state index in [9.17, 15) is 0 Å². The van der Waals surface area contributed by atoms with E-state index in [0.717, 1.165) is 10.2 Å². The zero-order valence-electron chi connectivity index (χ0n) is 20.9. The Morgan fingerprint density at radius 2 is 1.27 bits per heavy atom. The molecule has 0 fully saturated rings. The quantitative estimate of drug-likeness (QED) is 0.199. The average Bonchev–Trinajstić information content (AvgIpc) is 3.75. The van der Waals surface area contributed by atoms with Crippen molar-refractivity contribution in [3.05, 3.63) is 104 Å². The van der Waals surface area contributed by atoms with E-state index in [1.165, 1.54) is 77.9 Å². The zero-order valence-corrected chi connectivity index (χ0v) is 23.3. The molecule has 0 saturated heterocycles. The maximum absolute atomic E-state index is 4.83. The van der Waals surface area contributed by atoms with Crippen LogP contribution in [0.5, 0.6) is 0 Å². The molecule has 10 rings (SSSR count). The summed E-state index contributed by atoms with van der Waals surface area (Å²) in [5.74, 6) is 0. The minimum absolute atomic E-state index is 1.04. The fraction of sp³-hybridized carbons (Fsp3) is 0. The summed E-state index contributed by atoms with van der Waals surface area (Å²) in [5.41, 5.74) is 4.72. The molecule has 0 amide bonds. The van der Waals surface area contributed by atoms with Crippen LogP contribution in [0.2, 0.25) is 0 Å². The van der Waals surface area contributed by atoms with Gasteiger partial charge in [0.05, 0.1) is 25.9 Å². The van der Waals surface area contributed by atoms with Gasteiger partial charge in [-0.1, -0.05) is 54.6 Å². The number of benzene rings is 5. The number of hydrogen-bond donors (Lipinski definition) is 0. The molecule has 0 unspecified atom stereocenters. The Labute approximate surface area is 239 Å². The molecule has 5 aromatic heterocycles. The van der Waals surface area contributed by atoms with Gasteiger partial charge < -0.3 is 4.57 Å². The molecule has 0 N–H and O–H groups in total. The molecule has 0 spiro atoms. The molecule has 3 nitrogen and oxygen atoms in total. The van der Waals surface area contributed by atoms with E-state index in [4.69, 9.17) is 4.98 Å². The Hall–Kier alpha value is -4.36. The van der Waals surface area contributed by atoms with Gasteiger partial charge in [0.15, 0.2) is 0 Å². The van der Waals surface area contributed by atoms with Crippen LogP contribution in [0.3, 0.4) is 0 Å². The predicted molar refractivity (Wildman–Crippen MR) is 175 cm³/mol. The van der Waals surface area contributed by atoms with Crippen LogP contribution in [0.25, 0.3) is 88.1 Å². The fourth-order valence-corrected chi connectivity index (χ4v) is 10.1. The molecule has 0 radical (unpaired) electrons. The van der Waals surface area contributed by atoms with Crippen molar-refractivity contribution < 1.29 is 0 Å². The van der Waals surface area contributed by atoms with Crippen LogP contribution in [-0.4, -0.2) is 14.5 Å². The second kappa shape index (κ2) is 7.64. The SMILES string of the molecule is c1ccc2c(c1)sc1ccc(-n3c4ccccc4c4c5sc6ccccc6c5c5c6ncncc6sc5c43)cc12. The molecular formula is C34H17N3S3. The van der Waals surface area contributed by atoms with E-state index in [2.05, 4.69) is 101 Å². The lowest BCUT2D eigenvalue weighted by atomic mass is 10.0. The number of thiophene rings is 3. The largest absolute Gasteiger partial charge is 0.308 e. The highest BCUT2D eigenvalue weighted by Crippen LogP contribution is 2.51. The Balaban J connectivity index is 1.49. The summed E-state index contributed by atoms with van der Waals surface area (Å²) in [6.07, 6.45) is 3.65. The first-order valence-electron chi connectivity index (χ1n) is 13.2. The molecule has 5 aromatic carbocycles. The Bertz CT molecular complexity index is 2670. The fourth-order valence-electron chi connectivity index (χ4n) is 6.52. The first-order valence-corrected chi connectivity index (χ1v) is 15.6. The molecule has 40 heavy (non-hydrogen) atoms. The number of aromatic nitrogens is 3. The summed E-state index contributed by atoms with van der Waals surface area (Å²) in [4.78, 5) is 9.23. The van der Waals surface area contributed by atoms with Crippen LogP contribution in [0.1, 0.15) is 0 Å². The minimum Gasteiger partial charge on any atom is -0.308 e. The van der Waals surface area contributed by atoms with Crippen LogP contribution >= 0.6 is 34.0 Å². The van der Waals surface area contributed by atoms with Gasteiger partial charge in [0.25, 0.3) is 0 Å². The molecule has 10 aromatic rings. The number of para-hydroxylation sites is 1.